The molecule has 0 atom stereocenters. The van der Waals surface area contributed by atoms with Gasteiger partial charge in [0.15, 0.2) is 0 Å². The van der Waals surface area contributed by atoms with Crippen LogP contribution in [-0.4, -0.2) is 13.0 Å². The molecule has 0 unspecified atom stereocenters. The van der Waals surface area contributed by atoms with Gasteiger partial charge >= 0.3 is 0 Å². The first-order valence-corrected chi connectivity index (χ1v) is 11.4. The van der Waals surface area contributed by atoms with Crippen molar-refractivity contribution in [1.29, 1.82) is 0 Å². The van der Waals surface area contributed by atoms with E-state index in [2.05, 4.69) is 29.4 Å². The predicted molar refractivity (Wildman–Crippen MR) is 138 cm³/mol. The molecule has 0 aliphatic heterocycles. The summed E-state index contributed by atoms with van der Waals surface area (Å²) < 4.78 is 6.98. The SMILES string of the molecule is COc1ccc(/C([O-])=N/[n+]2c(-c3ccccc3)cc(-c3ccccc3)cc2-c2ccccc2)cc1. The van der Waals surface area contributed by atoms with Gasteiger partial charge in [-0.25, -0.2) is 0 Å². The van der Waals surface area contributed by atoms with Crippen LogP contribution in [0.3, 0.4) is 0 Å². The lowest BCUT2D eigenvalue weighted by atomic mass is 10.00. The molecule has 0 saturated heterocycles. The van der Waals surface area contributed by atoms with Crippen LogP contribution in [-0.2, 0) is 0 Å². The Balaban J connectivity index is 1.78. The van der Waals surface area contributed by atoms with E-state index in [0.29, 0.717) is 11.3 Å². The molecule has 0 fully saturated rings. The van der Waals surface area contributed by atoms with Crippen LogP contribution in [0.25, 0.3) is 33.6 Å². The van der Waals surface area contributed by atoms with E-state index in [1.165, 1.54) is 0 Å². The van der Waals surface area contributed by atoms with Gasteiger partial charge in [-0.3, -0.25) is 0 Å². The summed E-state index contributed by atoms with van der Waals surface area (Å²) in [5.74, 6) is 0.357. The summed E-state index contributed by atoms with van der Waals surface area (Å²) in [4.78, 5) is 0. The van der Waals surface area contributed by atoms with Crippen LogP contribution >= 0.6 is 0 Å². The van der Waals surface area contributed by atoms with Gasteiger partial charge in [0.05, 0.1) is 13.0 Å². The molecule has 0 aliphatic carbocycles. The molecule has 170 valence electrons. The number of hydrogen-bond donors (Lipinski definition) is 0. The molecule has 5 rings (SSSR count). The highest BCUT2D eigenvalue weighted by Gasteiger charge is 2.23. The quantitative estimate of drug-likeness (QED) is 0.191. The Kier molecular flexibility index (Phi) is 6.35. The molecule has 5 aromatic rings. The number of hydrogen-bond acceptors (Lipinski definition) is 3. The minimum Gasteiger partial charge on any atom is -0.854 e. The van der Waals surface area contributed by atoms with Gasteiger partial charge in [-0.1, -0.05) is 78.9 Å². The summed E-state index contributed by atoms with van der Waals surface area (Å²) in [6.45, 7) is 0. The van der Waals surface area contributed by atoms with Crippen molar-refractivity contribution in [3.8, 4) is 39.4 Å². The third-order valence-corrected chi connectivity index (χ3v) is 5.81. The number of benzene rings is 4. The molecule has 0 aliphatic rings. The Labute approximate surface area is 205 Å². The lowest BCUT2D eigenvalue weighted by Gasteiger charge is -2.12. The zero-order valence-corrected chi connectivity index (χ0v) is 19.3. The number of aromatic nitrogens is 1. The number of methoxy groups -OCH3 is 1. The Hall–Kier alpha value is -4.70. The van der Waals surface area contributed by atoms with Crippen molar-refractivity contribution in [2.75, 3.05) is 7.11 Å². The van der Waals surface area contributed by atoms with Crippen molar-refractivity contribution >= 4 is 5.90 Å². The van der Waals surface area contributed by atoms with Crippen LogP contribution in [0.4, 0.5) is 0 Å². The average Bonchev–Trinajstić information content (AvgIpc) is 2.94. The van der Waals surface area contributed by atoms with Gasteiger partial charge in [-0.05, 0) is 62.9 Å². The Morgan fingerprint density at radius 2 is 1.06 bits per heavy atom. The monoisotopic (exact) mass is 456 g/mol. The van der Waals surface area contributed by atoms with Gasteiger partial charge in [0.25, 0.3) is 0 Å². The number of ether oxygens (including phenoxy) is 1. The van der Waals surface area contributed by atoms with Crippen LogP contribution in [0.1, 0.15) is 5.56 Å². The van der Waals surface area contributed by atoms with E-state index >= 15 is 0 Å². The van der Waals surface area contributed by atoms with Crippen LogP contribution in [0.5, 0.6) is 5.75 Å². The van der Waals surface area contributed by atoms with E-state index in [0.717, 1.165) is 33.6 Å². The minimum atomic E-state index is -0.334. The molecule has 1 aromatic heterocycles. The first kappa shape index (κ1) is 22.1. The lowest BCUT2D eigenvalue weighted by molar-refractivity contribution is -0.659. The first-order valence-electron chi connectivity index (χ1n) is 11.4. The van der Waals surface area contributed by atoms with E-state index in [1.807, 2.05) is 78.9 Å². The van der Waals surface area contributed by atoms with E-state index in [9.17, 15) is 5.11 Å². The molecule has 35 heavy (non-hydrogen) atoms. The van der Waals surface area contributed by atoms with E-state index in [4.69, 9.17) is 4.74 Å². The molecule has 0 N–H and O–H groups in total. The zero-order chi connectivity index (χ0) is 24.0. The summed E-state index contributed by atoms with van der Waals surface area (Å²) in [5, 5.41) is 17.9. The highest BCUT2D eigenvalue weighted by atomic mass is 16.5. The van der Waals surface area contributed by atoms with Crippen LogP contribution in [0.15, 0.2) is 132 Å². The predicted octanol–water partition coefficient (Wildman–Crippen LogP) is 5.55. The normalized spacial score (nSPS) is 11.3. The van der Waals surface area contributed by atoms with Crippen molar-refractivity contribution in [2.45, 2.75) is 0 Å². The molecule has 1 heterocycles. The van der Waals surface area contributed by atoms with Gasteiger partial charge in [0.1, 0.15) is 5.75 Å². The first-order chi connectivity index (χ1) is 17.2. The summed E-state index contributed by atoms with van der Waals surface area (Å²) in [5.41, 5.74) is 6.22. The third kappa shape index (κ3) is 4.82. The number of pyridine rings is 1. The second-order valence-electron chi connectivity index (χ2n) is 8.06. The van der Waals surface area contributed by atoms with Crippen molar-refractivity contribution in [2.24, 2.45) is 5.10 Å². The van der Waals surface area contributed by atoms with Crippen LogP contribution in [0, 0.1) is 0 Å². The second-order valence-corrected chi connectivity index (χ2v) is 8.06. The fourth-order valence-corrected chi connectivity index (χ4v) is 4.00. The van der Waals surface area contributed by atoms with Gasteiger partial charge in [-0.2, -0.15) is 0 Å². The average molecular weight is 457 g/mol. The summed E-state index contributed by atoms with van der Waals surface area (Å²) >= 11 is 0. The molecular formula is C31H24N2O2. The van der Waals surface area contributed by atoms with Gasteiger partial charge in [0.2, 0.25) is 11.4 Å². The molecule has 0 spiro atoms. The van der Waals surface area contributed by atoms with Crippen LogP contribution in [0.2, 0.25) is 0 Å². The molecule has 0 saturated carbocycles. The summed E-state index contributed by atoms with van der Waals surface area (Å²) in [6, 6.07) is 41.4. The summed E-state index contributed by atoms with van der Waals surface area (Å²) in [7, 11) is 1.60. The van der Waals surface area contributed by atoms with E-state index < -0.39 is 0 Å². The maximum Gasteiger partial charge on any atom is 0.246 e. The largest absolute Gasteiger partial charge is 0.854 e. The third-order valence-electron chi connectivity index (χ3n) is 5.81. The van der Waals surface area contributed by atoms with Crippen molar-refractivity contribution in [3.05, 3.63) is 133 Å². The Bertz CT molecular complexity index is 1390. The molecule has 4 heteroatoms. The van der Waals surface area contributed by atoms with Gasteiger partial charge < -0.3 is 9.84 Å². The molecule has 0 amide bonds. The molecular weight excluding hydrogens is 432 g/mol. The molecule has 4 nitrogen and oxygen atoms in total. The standard InChI is InChI=1S/C31H24N2O2/c1-35-28-19-17-26(18-20-28)31(34)32-33-29(24-13-7-3-8-14-24)21-27(23-11-5-2-6-12-23)22-30(33)25-15-9-4-10-16-25/h2-22H,1H3. The number of rotatable bonds is 6. The zero-order valence-electron chi connectivity index (χ0n) is 19.3. The van der Waals surface area contributed by atoms with Crippen molar-refractivity contribution in [3.63, 3.8) is 0 Å². The van der Waals surface area contributed by atoms with Crippen molar-refractivity contribution in [1.82, 2.24) is 0 Å². The van der Waals surface area contributed by atoms with Gasteiger partial charge in [-0.15, -0.1) is 0 Å². The van der Waals surface area contributed by atoms with E-state index in [-0.39, 0.29) is 5.90 Å². The minimum absolute atomic E-state index is 0.334. The molecule has 0 bridgehead atoms. The maximum absolute atomic E-state index is 13.3. The lowest BCUT2D eigenvalue weighted by Crippen LogP contribution is -2.38. The second kappa shape index (κ2) is 10.1. The summed E-state index contributed by atoms with van der Waals surface area (Å²) in [6.07, 6.45) is 0. The van der Waals surface area contributed by atoms with Crippen LogP contribution < -0.4 is 14.5 Å². The molecule has 0 radical (unpaired) electrons. The fraction of sp³-hybridized carbons (Fsp3) is 0.0323. The van der Waals surface area contributed by atoms with Gasteiger partial charge in [0, 0.05) is 23.3 Å². The topological polar surface area (TPSA) is 48.5 Å². The number of nitrogens with zero attached hydrogens (tertiary/aromatic N) is 2. The molecule has 4 aromatic carbocycles. The van der Waals surface area contributed by atoms with E-state index in [1.54, 1.807) is 36.1 Å². The smallest absolute Gasteiger partial charge is 0.246 e. The fourth-order valence-electron chi connectivity index (χ4n) is 4.00. The maximum atomic E-state index is 13.3. The Morgan fingerprint density at radius 3 is 1.51 bits per heavy atom. The highest BCUT2D eigenvalue weighted by Crippen LogP contribution is 2.29. The van der Waals surface area contributed by atoms with Crippen molar-refractivity contribution < 1.29 is 14.5 Å². The Morgan fingerprint density at radius 1 is 0.600 bits per heavy atom. The highest BCUT2D eigenvalue weighted by molar-refractivity contribution is 5.90.